The lowest BCUT2D eigenvalue weighted by molar-refractivity contribution is 0.481. The van der Waals surface area contributed by atoms with E-state index in [4.69, 9.17) is 16.3 Å². The summed E-state index contributed by atoms with van der Waals surface area (Å²) in [7, 11) is 1.98. The van der Waals surface area contributed by atoms with E-state index in [1.54, 1.807) is 0 Å². The van der Waals surface area contributed by atoms with E-state index in [-0.39, 0.29) is 0 Å². The molecule has 0 fully saturated rings. The third-order valence-electron chi connectivity index (χ3n) is 3.35. The van der Waals surface area contributed by atoms with Crippen molar-refractivity contribution in [2.45, 2.75) is 26.3 Å². The zero-order valence-electron chi connectivity index (χ0n) is 12.1. The Morgan fingerprint density at radius 2 is 1.85 bits per heavy atom. The summed E-state index contributed by atoms with van der Waals surface area (Å²) in [5.41, 5.74) is 2.38. The van der Waals surface area contributed by atoms with Crippen LogP contribution in [0.25, 0.3) is 0 Å². The van der Waals surface area contributed by atoms with Gasteiger partial charge in [-0.2, -0.15) is 0 Å². The quantitative estimate of drug-likeness (QED) is 0.826. The topological polar surface area (TPSA) is 21.3 Å². The predicted octanol–water partition coefficient (Wildman–Crippen LogP) is 5.11. The maximum atomic E-state index is 6.17. The minimum absolute atomic E-state index is 0.381. The Morgan fingerprint density at radius 3 is 2.40 bits per heavy atom. The first-order valence-electron chi connectivity index (χ1n) is 6.85. The Kier molecular flexibility index (Phi) is 5.05. The van der Waals surface area contributed by atoms with Crippen LogP contribution in [-0.2, 0) is 0 Å². The number of hydrogen-bond donors (Lipinski definition) is 1. The molecule has 3 heteroatoms. The fraction of sp³-hybridized carbons (Fsp3) is 0.294. The second-order valence-corrected chi connectivity index (χ2v) is 5.26. The number of aryl methyl sites for hydroxylation is 1. The Morgan fingerprint density at radius 1 is 1.15 bits per heavy atom. The minimum Gasteiger partial charge on any atom is -0.456 e. The van der Waals surface area contributed by atoms with Crippen LogP contribution in [0.2, 0.25) is 5.02 Å². The van der Waals surface area contributed by atoms with E-state index in [9.17, 15) is 0 Å². The van der Waals surface area contributed by atoms with E-state index in [0.29, 0.717) is 16.8 Å². The van der Waals surface area contributed by atoms with Crippen LogP contribution < -0.4 is 10.1 Å². The summed E-state index contributed by atoms with van der Waals surface area (Å²) < 4.78 is 5.81. The fourth-order valence-corrected chi connectivity index (χ4v) is 2.46. The number of hydrogen-bond acceptors (Lipinski definition) is 2. The molecule has 0 radical (unpaired) electrons. The van der Waals surface area contributed by atoms with Gasteiger partial charge in [-0.25, -0.2) is 0 Å². The Balaban J connectivity index is 2.14. The van der Waals surface area contributed by atoms with Gasteiger partial charge in [-0.3, -0.25) is 0 Å². The lowest BCUT2D eigenvalue weighted by Crippen LogP contribution is -2.14. The molecule has 106 valence electrons. The van der Waals surface area contributed by atoms with Crippen molar-refractivity contribution in [1.29, 1.82) is 0 Å². The highest BCUT2D eigenvalue weighted by molar-refractivity contribution is 6.32. The molecule has 0 heterocycles. The van der Waals surface area contributed by atoms with Crippen LogP contribution in [0.1, 0.15) is 30.5 Å². The molecule has 20 heavy (non-hydrogen) atoms. The standard InChI is InChI=1S/C17H20ClNO/c1-4-16(19-3)13-6-8-14(9-7-13)20-17-10-5-12(2)11-15(17)18/h5-11,16,19H,4H2,1-3H3. The second kappa shape index (κ2) is 6.78. The van der Waals surface area contributed by atoms with Crippen LogP contribution in [0.15, 0.2) is 42.5 Å². The van der Waals surface area contributed by atoms with Gasteiger partial charge in [0.05, 0.1) is 5.02 Å². The number of benzene rings is 2. The zero-order valence-corrected chi connectivity index (χ0v) is 12.9. The summed E-state index contributed by atoms with van der Waals surface area (Å²) in [6, 6.07) is 14.3. The first-order valence-corrected chi connectivity index (χ1v) is 7.23. The molecule has 1 N–H and O–H groups in total. The highest BCUT2D eigenvalue weighted by Gasteiger charge is 2.07. The van der Waals surface area contributed by atoms with Crippen LogP contribution in [0.5, 0.6) is 11.5 Å². The molecular weight excluding hydrogens is 270 g/mol. The molecule has 0 aliphatic carbocycles. The molecule has 0 aliphatic heterocycles. The van der Waals surface area contributed by atoms with Gasteiger partial charge in [-0.15, -0.1) is 0 Å². The molecule has 0 aromatic heterocycles. The Hall–Kier alpha value is -1.51. The largest absolute Gasteiger partial charge is 0.456 e. The molecule has 0 bridgehead atoms. The zero-order chi connectivity index (χ0) is 14.5. The van der Waals surface area contributed by atoms with Gasteiger partial charge < -0.3 is 10.1 Å². The smallest absolute Gasteiger partial charge is 0.146 e. The first kappa shape index (κ1) is 14.9. The average molecular weight is 290 g/mol. The van der Waals surface area contributed by atoms with Crippen molar-refractivity contribution in [2.75, 3.05) is 7.05 Å². The molecule has 2 aromatic carbocycles. The van der Waals surface area contributed by atoms with Crippen LogP contribution >= 0.6 is 11.6 Å². The summed E-state index contributed by atoms with van der Waals surface area (Å²) in [4.78, 5) is 0. The van der Waals surface area contributed by atoms with Crippen LogP contribution in [0.3, 0.4) is 0 Å². The monoisotopic (exact) mass is 289 g/mol. The molecule has 0 spiro atoms. The van der Waals surface area contributed by atoms with Gasteiger partial charge >= 0.3 is 0 Å². The van der Waals surface area contributed by atoms with Crippen LogP contribution in [-0.4, -0.2) is 7.05 Å². The molecule has 0 amide bonds. The van der Waals surface area contributed by atoms with Crippen LogP contribution in [0.4, 0.5) is 0 Å². The van der Waals surface area contributed by atoms with Crippen LogP contribution in [0, 0.1) is 6.92 Å². The van der Waals surface area contributed by atoms with E-state index in [1.807, 2.05) is 44.3 Å². The van der Waals surface area contributed by atoms with E-state index < -0.39 is 0 Å². The lowest BCUT2D eigenvalue weighted by atomic mass is 10.0. The molecule has 2 rings (SSSR count). The summed E-state index contributed by atoms with van der Waals surface area (Å²) in [6.07, 6.45) is 1.06. The van der Waals surface area contributed by atoms with Crippen molar-refractivity contribution in [2.24, 2.45) is 0 Å². The molecular formula is C17H20ClNO. The van der Waals surface area contributed by atoms with Crippen molar-refractivity contribution < 1.29 is 4.74 Å². The second-order valence-electron chi connectivity index (χ2n) is 4.85. The molecule has 0 saturated heterocycles. The number of halogens is 1. The first-order chi connectivity index (χ1) is 9.63. The van der Waals surface area contributed by atoms with E-state index in [2.05, 4.69) is 24.4 Å². The highest BCUT2D eigenvalue weighted by Crippen LogP contribution is 2.30. The van der Waals surface area contributed by atoms with E-state index in [0.717, 1.165) is 17.7 Å². The van der Waals surface area contributed by atoms with Gasteiger partial charge in [-0.05, 0) is 55.8 Å². The molecule has 1 atom stereocenters. The SMILES string of the molecule is CCC(NC)c1ccc(Oc2ccc(C)cc2Cl)cc1. The van der Waals surface area contributed by atoms with Gasteiger partial charge in [-0.1, -0.05) is 36.7 Å². The summed E-state index contributed by atoms with van der Waals surface area (Å²) in [5, 5.41) is 3.93. The Bertz CT molecular complexity index is 562. The van der Waals surface area contributed by atoms with Crippen molar-refractivity contribution in [1.82, 2.24) is 5.32 Å². The number of rotatable bonds is 5. The van der Waals surface area contributed by atoms with Crippen molar-refractivity contribution >= 4 is 11.6 Å². The predicted molar refractivity (Wildman–Crippen MR) is 84.8 cm³/mol. The fourth-order valence-electron chi connectivity index (χ4n) is 2.19. The maximum Gasteiger partial charge on any atom is 0.146 e. The van der Waals surface area contributed by atoms with Gasteiger partial charge in [0.1, 0.15) is 11.5 Å². The van der Waals surface area contributed by atoms with Gasteiger partial charge in [0.2, 0.25) is 0 Å². The van der Waals surface area contributed by atoms with Gasteiger partial charge in [0, 0.05) is 6.04 Å². The molecule has 2 aromatic rings. The summed E-state index contributed by atoms with van der Waals surface area (Å²) >= 11 is 6.17. The van der Waals surface area contributed by atoms with Gasteiger partial charge in [0.25, 0.3) is 0 Å². The third-order valence-corrected chi connectivity index (χ3v) is 3.65. The third kappa shape index (κ3) is 3.53. The van der Waals surface area contributed by atoms with E-state index in [1.165, 1.54) is 5.56 Å². The molecule has 1 unspecified atom stereocenters. The Labute approximate surface area is 125 Å². The van der Waals surface area contributed by atoms with E-state index >= 15 is 0 Å². The maximum absolute atomic E-state index is 6.17. The number of ether oxygens (including phenoxy) is 1. The molecule has 2 nitrogen and oxygen atoms in total. The molecule has 0 saturated carbocycles. The minimum atomic E-state index is 0.381. The van der Waals surface area contributed by atoms with Crippen molar-refractivity contribution in [3.63, 3.8) is 0 Å². The van der Waals surface area contributed by atoms with Crippen molar-refractivity contribution in [3.05, 3.63) is 58.6 Å². The lowest BCUT2D eigenvalue weighted by Gasteiger charge is -2.15. The normalized spacial score (nSPS) is 12.2. The molecule has 0 aliphatic rings. The number of nitrogens with one attached hydrogen (secondary N) is 1. The van der Waals surface area contributed by atoms with Crippen molar-refractivity contribution in [3.8, 4) is 11.5 Å². The average Bonchev–Trinajstić information content (AvgIpc) is 2.45. The highest BCUT2D eigenvalue weighted by atomic mass is 35.5. The summed E-state index contributed by atoms with van der Waals surface area (Å²) in [5.74, 6) is 1.48. The van der Waals surface area contributed by atoms with Gasteiger partial charge in [0.15, 0.2) is 0 Å². The summed E-state index contributed by atoms with van der Waals surface area (Å²) in [6.45, 7) is 4.17.